The average molecular weight is 256 g/mol. The number of hydrogen-bond donors (Lipinski definition) is 0. The SMILES string of the molecule is CC12C=CC(C)(S1=O)C(C#N)(C#N)C2(C#N)C#N. The van der Waals surface area contributed by atoms with Gasteiger partial charge in [0.1, 0.15) is 0 Å². The lowest BCUT2D eigenvalue weighted by Gasteiger charge is -2.37. The molecule has 0 amide bonds. The zero-order valence-corrected chi connectivity index (χ0v) is 10.6. The molecule has 0 spiro atoms. The Hall–Kier alpha value is -2.15. The van der Waals surface area contributed by atoms with Crippen LogP contribution in [0.5, 0.6) is 0 Å². The van der Waals surface area contributed by atoms with E-state index in [0.717, 1.165) is 0 Å². The maximum Gasteiger partial charge on any atom is 0.197 e. The predicted molar refractivity (Wildman–Crippen MR) is 61.4 cm³/mol. The van der Waals surface area contributed by atoms with Crippen LogP contribution >= 0.6 is 0 Å². The van der Waals surface area contributed by atoms with E-state index in [0.29, 0.717) is 0 Å². The Bertz CT molecular complexity index is 584. The van der Waals surface area contributed by atoms with Crippen LogP contribution in [0.2, 0.25) is 0 Å². The van der Waals surface area contributed by atoms with Crippen molar-refractivity contribution in [1.82, 2.24) is 0 Å². The lowest BCUT2D eigenvalue weighted by atomic mass is 9.53. The topological polar surface area (TPSA) is 112 Å². The van der Waals surface area contributed by atoms with Crippen molar-refractivity contribution in [2.24, 2.45) is 10.8 Å². The summed E-state index contributed by atoms with van der Waals surface area (Å²) < 4.78 is 9.93. The lowest BCUT2D eigenvalue weighted by molar-refractivity contribution is 0.245. The highest BCUT2D eigenvalue weighted by Gasteiger charge is 2.83. The fourth-order valence-electron chi connectivity index (χ4n) is 2.98. The van der Waals surface area contributed by atoms with E-state index < -0.39 is 31.1 Å². The van der Waals surface area contributed by atoms with Gasteiger partial charge in [-0.3, -0.25) is 4.21 Å². The van der Waals surface area contributed by atoms with Gasteiger partial charge in [0.05, 0.1) is 33.8 Å². The molecule has 2 aliphatic heterocycles. The minimum atomic E-state index is -1.92. The third-order valence-electron chi connectivity index (χ3n) is 4.21. The lowest BCUT2D eigenvalue weighted by Crippen LogP contribution is -2.53. The largest absolute Gasteiger partial charge is 0.258 e. The molecule has 0 saturated carbocycles. The van der Waals surface area contributed by atoms with E-state index >= 15 is 0 Å². The summed E-state index contributed by atoms with van der Waals surface area (Å²) in [5.41, 5.74) is -3.84. The van der Waals surface area contributed by atoms with E-state index in [2.05, 4.69) is 0 Å². The van der Waals surface area contributed by atoms with Crippen LogP contribution in [0, 0.1) is 56.2 Å². The van der Waals surface area contributed by atoms with Crippen molar-refractivity contribution in [2.45, 2.75) is 23.3 Å². The van der Waals surface area contributed by atoms with Gasteiger partial charge >= 0.3 is 0 Å². The third-order valence-corrected chi connectivity index (χ3v) is 6.64. The molecule has 2 bridgehead atoms. The second-order valence-corrected chi connectivity index (χ2v) is 7.00. The molecule has 1 saturated heterocycles. The smallest absolute Gasteiger partial charge is 0.197 e. The highest BCUT2D eigenvalue weighted by Crippen LogP contribution is 2.68. The molecule has 0 radical (unpaired) electrons. The average Bonchev–Trinajstić information content (AvgIpc) is 2.69. The Balaban J connectivity index is 3.03. The van der Waals surface area contributed by atoms with Gasteiger partial charge in [-0.15, -0.1) is 0 Å². The van der Waals surface area contributed by atoms with Crippen molar-refractivity contribution in [2.75, 3.05) is 0 Å². The van der Waals surface area contributed by atoms with Gasteiger partial charge in [0.2, 0.25) is 0 Å². The first-order valence-electron chi connectivity index (χ1n) is 5.13. The van der Waals surface area contributed by atoms with Gasteiger partial charge in [-0.2, -0.15) is 21.0 Å². The van der Waals surface area contributed by atoms with Gasteiger partial charge in [0.25, 0.3) is 0 Å². The first-order chi connectivity index (χ1) is 8.35. The predicted octanol–water partition coefficient (Wildman–Crippen LogP) is 0.903. The molecule has 88 valence electrons. The van der Waals surface area contributed by atoms with Crippen LogP contribution in [0.1, 0.15) is 13.8 Å². The molecule has 0 aromatic rings. The third kappa shape index (κ3) is 0.733. The van der Waals surface area contributed by atoms with Crippen LogP contribution in [0.4, 0.5) is 0 Å². The summed E-state index contributed by atoms with van der Waals surface area (Å²) in [5.74, 6) is 0. The van der Waals surface area contributed by atoms with E-state index in [1.54, 1.807) is 24.3 Å². The van der Waals surface area contributed by atoms with Crippen LogP contribution < -0.4 is 0 Å². The summed E-state index contributed by atoms with van der Waals surface area (Å²) in [6, 6.07) is 7.19. The van der Waals surface area contributed by atoms with Gasteiger partial charge in [0, 0.05) is 10.8 Å². The summed E-state index contributed by atoms with van der Waals surface area (Å²) in [6.07, 6.45) is 3.06. The van der Waals surface area contributed by atoms with Gasteiger partial charge in [0.15, 0.2) is 10.8 Å². The molecule has 5 nitrogen and oxygen atoms in total. The van der Waals surface area contributed by atoms with Crippen LogP contribution in [0.25, 0.3) is 0 Å². The van der Waals surface area contributed by atoms with E-state index in [1.807, 2.05) is 0 Å². The van der Waals surface area contributed by atoms with E-state index in [1.165, 1.54) is 26.0 Å². The van der Waals surface area contributed by atoms with Crippen molar-refractivity contribution >= 4 is 10.8 Å². The molecule has 0 aliphatic carbocycles. The highest BCUT2D eigenvalue weighted by atomic mass is 32.2. The normalized spacial score (nSPS) is 41.3. The Labute approximate surface area is 107 Å². The van der Waals surface area contributed by atoms with Crippen LogP contribution in [-0.4, -0.2) is 13.7 Å². The molecular weight excluding hydrogens is 248 g/mol. The van der Waals surface area contributed by atoms with Crippen molar-refractivity contribution in [3.63, 3.8) is 0 Å². The maximum absolute atomic E-state index is 12.5. The number of hydrogen-bond acceptors (Lipinski definition) is 5. The maximum atomic E-state index is 12.5. The summed E-state index contributed by atoms with van der Waals surface area (Å²) in [7, 11) is -1.67. The van der Waals surface area contributed by atoms with Gasteiger partial charge in [-0.25, -0.2) is 0 Å². The Morgan fingerprint density at radius 2 is 1.11 bits per heavy atom. The monoisotopic (exact) mass is 256 g/mol. The second kappa shape index (κ2) is 2.99. The van der Waals surface area contributed by atoms with E-state index in [9.17, 15) is 25.3 Å². The van der Waals surface area contributed by atoms with Crippen molar-refractivity contribution in [3.8, 4) is 24.3 Å². The van der Waals surface area contributed by atoms with Gasteiger partial charge in [-0.1, -0.05) is 12.2 Å². The molecule has 2 aliphatic rings. The van der Waals surface area contributed by atoms with Crippen LogP contribution in [-0.2, 0) is 10.8 Å². The Morgan fingerprint density at radius 1 is 0.833 bits per heavy atom. The minimum absolute atomic E-state index is 1.29. The molecule has 6 heteroatoms. The van der Waals surface area contributed by atoms with Gasteiger partial charge in [-0.05, 0) is 13.8 Å². The molecule has 2 rings (SSSR count). The second-order valence-electron chi connectivity index (χ2n) is 4.76. The van der Waals surface area contributed by atoms with Crippen molar-refractivity contribution < 1.29 is 4.21 Å². The number of nitrogens with zero attached hydrogens (tertiary/aromatic N) is 4. The first kappa shape index (κ1) is 12.3. The van der Waals surface area contributed by atoms with Crippen LogP contribution in [0.3, 0.4) is 0 Å². The summed E-state index contributed by atoms with van der Waals surface area (Å²) in [5, 5.41) is 37.6. The standard InChI is InChI=1S/C12H8N4OS/c1-9-3-4-10(2,18(9)17)12(7-15,8-16)11(9,5-13)6-14/h3-4H,1-2H3. The summed E-state index contributed by atoms with van der Waals surface area (Å²) in [4.78, 5) is 0. The fraction of sp³-hybridized carbons (Fsp3) is 0.500. The summed E-state index contributed by atoms with van der Waals surface area (Å²) >= 11 is 0. The minimum Gasteiger partial charge on any atom is -0.258 e. The number of rotatable bonds is 0. The quantitative estimate of drug-likeness (QED) is 0.597. The van der Waals surface area contributed by atoms with Gasteiger partial charge < -0.3 is 0 Å². The Kier molecular flexibility index (Phi) is 2.05. The number of fused-ring (bicyclic) bond motifs is 2. The Morgan fingerprint density at radius 3 is 1.33 bits per heavy atom. The molecule has 2 atom stereocenters. The number of nitriles is 4. The highest BCUT2D eigenvalue weighted by molar-refractivity contribution is 7.89. The van der Waals surface area contributed by atoms with Crippen LogP contribution in [0.15, 0.2) is 12.2 Å². The molecule has 0 aromatic heterocycles. The molecule has 1 fully saturated rings. The molecule has 0 N–H and O–H groups in total. The molecule has 2 unspecified atom stereocenters. The zero-order valence-electron chi connectivity index (χ0n) is 9.76. The van der Waals surface area contributed by atoms with Crippen molar-refractivity contribution in [1.29, 1.82) is 21.0 Å². The zero-order chi connectivity index (χ0) is 13.8. The molecule has 2 heterocycles. The molecular formula is C12H8N4OS. The van der Waals surface area contributed by atoms with Crippen molar-refractivity contribution in [3.05, 3.63) is 12.2 Å². The fourth-order valence-corrected chi connectivity index (χ4v) is 5.29. The molecule has 0 aromatic carbocycles. The van der Waals surface area contributed by atoms with E-state index in [-0.39, 0.29) is 0 Å². The summed E-state index contributed by atoms with van der Waals surface area (Å²) in [6.45, 7) is 2.99. The molecule has 18 heavy (non-hydrogen) atoms. The van der Waals surface area contributed by atoms with E-state index in [4.69, 9.17) is 0 Å². The first-order valence-corrected chi connectivity index (χ1v) is 6.28.